The van der Waals surface area contributed by atoms with Gasteiger partial charge in [-0.2, -0.15) is 8.42 Å². The molecular formula is C30H28O7S. The van der Waals surface area contributed by atoms with Crippen LogP contribution in [0, 0.1) is 20.8 Å². The molecule has 0 bridgehead atoms. The van der Waals surface area contributed by atoms with Gasteiger partial charge < -0.3 is 13.7 Å². The normalized spacial score (nSPS) is 12.8. The molecule has 8 heteroatoms. The van der Waals surface area contributed by atoms with Crippen molar-refractivity contribution in [1.82, 2.24) is 0 Å². The summed E-state index contributed by atoms with van der Waals surface area (Å²) in [6, 6.07) is 11.6. The van der Waals surface area contributed by atoms with Gasteiger partial charge in [-0.3, -0.25) is 0 Å². The Morgan fingerprint density at radius 3 is 2.45 bits per heavy atom. The molecule has 0 aromatic heterocycles. The van der Waals surface area contributed by atoms with Crippen LogP contribution >= 0.6 is 0 Å². The molecule has 0 aliphatic carbocycles. The van der Waals surface area contributed by atoms with E-state index in [0.29, 0.717) is 27.8 Å². The van der Waals surface area contributed by atoms with E-state index in [4.69, 9.17) is 13.7 Å². The summed E-state index contributed by atoms with van der Waals surface area (Å²) < 4.78 is 42.4. The van der Waals surface area contributed by atoms with E-state index < -0.39 is 22.1 Å². The molecule has 0 atom stereocenters. The van der Waals surface area contributed by atoms with Gasteiger partial charge in [0.1, 0.15) is 17.1 Å². The number of esters is 2. The Labute approximate surface area is 222 Å². The van der Waals surface area contributed by atoms with Crippen LogP contribution < -0.4 is 4.18 Å². The Kier molecular flexibility index (Phi) is 7.55. The molecule has 7 nitrogen and oxygen atoms in total. The van der Waals surface area contributed by atoms with Gasteiger partial charge in [0.15, 0.2) is 5.75 Å². The van der Waals surface area contributed by atoms with Crippen molar-refractivity contribution in [2.75, 3.05) is 7.11 Å². The first-order valence-electron chi connectivity index (χ1n) is 11.9. The largest absolute Gasteiger partial charge is 0.465 e. The molecule has 38 heavy (non-hydrogen) atoms. The maximum Gasteiger partial charge on any atom is 0.342 e. The number of fused-ring (bicyclic) bond motifs is 1. The zero-order valence-corrected chi connectivity index (χ0v) is 22.5. The van der Waals surface area contributed by atoms with Crippen LogP contribution in [0.15, 0.2) is 60.0 Å². The number of methoxy groups -OCH3 is 1. The Morgan fingerprint density at radius 2 is 1.79 bits per heavy atom. The van der Waals surface area contributed by atoms with Crippen LogP contribution in [0.1, 0.15) is 59.7 Å². The minimum atomic E-state index is -4.27. The fourth-order valence-corrected chi connectivity index (χ4v) is 5.48. The Hall–Kier alpha value is -4.17. The van der Waals surface area contributed by atoms with Crippen molar-refractivity contribution in [2.24, 2.45) is 0 Å². The number of aryl methyl sites for hydroxylation is 2. The molecule has 0 fully saturated rings. The molecule has 196 valence electrons. The van der Waals surface area contributed by atoms with Gasteiger partial charge in [-0.15, -0.1) is 0 Å². The van der Waals surface area contributed by atoms with Crippen molar-refractivity contribution >= 4 is 34.2 Å². The van der Waals surface area contributed by atoms with Crippen LogP contribution in [-0.4, -0.2) is 27.5 Å². The number of carbonyl (C=O) groups is 2. The van der Waals surface area contributed by atoms with E-state index in [1.165, 1.54) is 19.2 Å². The third kappa shape index (κ3) is 4.99. The first-order chi connectivity index (χ1) is 18.1. The van der Waals surface area contributed by atoms with E-state index in [2.05, 4.69) is 6.58 Å². The highest BCUT2D eigenvalue weighted by molar-refractivity contribution is 7.87. The Morgan fingerprint density at radius 1 is 1.08 bits per heavy atom. The lowest BCUT2D eigenvalue weighted by atomic mass is 9.90. The highest BCUT2D eigenvalue weighted by Gasteiger charge is 2.34. The number of rotatable bonds is 8. The molecule has 0 radical (unpaired) electrons. The number of allylic oxidation sites excluding steroid dienone is 1. The van der Waals surface area contributed by atoms with Gasteiger partial charge in [-0.1, -0.05) is 54.6 Å². The topological polar surface area (TPSA) is 96.0 Å². The second-order valence-electron chi connectivity index (χ2n) is 8.96. The third-order valence-corrected chi connectivity index (χ3v) is 7.81. The number of hydrogen-bond acceptors (Lipinski definition) is 7. The van der Waals surface area contributed by atoms with Gasteiger partial charge in [0, 0.05) is 11.1 Å². The summed E-state index contributed by atoms with van der Waals surface area (Å²) in [5.41, 5.74) is 5.37. The number of cyclic esters (lactones) is 1. The van der Waals surface area contributed by atoms with Crippen molar-refractivity contribution < 1.29 is 31.7 Å². The van der Waals surface area contributed by atoms with Gasteiger partial charge in [0.05, 0.1) is 12.7 Å². The Balaban J connectivity index is 1.85. The van der Waals surface area contributed by atoms with Crippen LogP contribution in [-0.2, 0) is 32.6 Å². The van der Waals surface area contributed by atoms with Crippen molar-refractivity contribution in [3.8, 4) is 5.75 Å². The standard InChI is InChI=1S/C30H28O7S/c1-6-22-20(4)26-17-36-30(32)27(26)28(37-38(33,34)21-15-13-18(2)14-16-21)24(22)11-8-10-23-19(3)9-7-12-25(23)29(31)35-5/h6-10,12-16H,1,11,17H2,2-5H3/b10-8+. The minimum absolute atomic E-state index is 0.0175. The zero-order chi connectivity index (χ0) is 27.6. The average molecular weight is 533 g/mol. The summed E-state index contributed by atoms with van der Waals surface area (Å²) in [6.45, 7) is 9.49. The van der Waals surface area contributed by atoms with Gasteiger partial charge in [0.2, 0.25) is 0 Å². The predicted molar refractivity (Wildman–Crippen MR) is 145 cm³/mol. The average Bonchev–Trinajstić information content (AvgIpc) is 3.28. The molecule has 3 aromatic carbocycles. The molecule has 3 aromatic rings. The molecule has 1 heterocycles. The maximum atomic E-state index is 13.3. The van der Waals surface area contributed by atoms with Gasteiger partial charge >= 0.3 is 22.1 Å². The van der Waals surface area contributed by atoms with Crippen LogP contribution in [0.5, 0.6) is 5.75 Å². The van der Waals surface area contributed by atoms with Crippen LogP contribution in [0.2, 0.25) is 0 Å². The predicted octanol–water partition coefficient (Wildman–Crippen LogP) is 5.74. The third-order valence-electron chi connectivity index (χ3n) is 6.58. The van der Waals surface area contributed by atoms with Crippen LogP contribution in [0.25, 0.3) is 12.2 Å². The quantitative estimate of drug-likeness (QED) is 0.270. The van der Waals surface area contributed by atoms with Crippen molar-refractivity contribution in [3.63, 3.8) is 0 Å². The van der Waals surface area contributed by atoms with Crippen LogP contribution in [0.4, 0.5) is 0 Å². The first kappa shape index (κ1) is 26.9. The van der Waals surface area contributed by atoms with E-state index >= 15 is 0 Å². The molecule has 1 aliphatic rings. The van der Waals surface area contributed by atoms with Crippen molar-refractivity contribution in [2.45, 2.75) is 38.7 Å². The molecule has 0 amide bonds. The SMILES string of the molecule is C=Cc1c(C)c2c(c(OS(=O)(=O)c3ccc(C)cc3)c1C/C=C/c1c(C)cccc1C(=O)OC)C(=O)OC2. The molecule has 0 saturated heterocycles. The van der Waals surface area contributed by atoms with E-state index in [-0.39, 0.29) is 29.2 Å². The second kappa shape index (κ2) is 10.7. The maximum absolute atomic E-state index is 13.3. The summed E-state index contributed by atoms with van der Waals surface area (Å²) in [6.07, 6.45) is 5.36. The van der Waals surface area contributed by atoms with Gasteiger partial charge in [-0.25, -0.2) is 9.59 Å². The fourth-order valence-electron chi connectivity index (χ4n) is 4.51. The molecule has 1 aliphatic heterocycles. The van der Waals surface area contributed by atoms with E-state index in [9.17, 15) is 18.0 Å². The lowest BCUT2D eigenvalue weighted by Crippen LogP contribution is -2.15. The highest BCUT2D eigenvalue weighted by Crippen LogP contribution is 2.40. The smallest absolute Gasteiger partial charge is 0.342 e. The van der Waals surface area contributed by atoms with Gasteiger partial charge in [-0.05, 0) is 67.6 Å². The van der Waals surface area contributed by atoms with E-state index in [0.717, 1.165) is 16.7 Å². The molecule has 0 unspecified atom stereocenters. The zero-order valence-electron chi connectivity index (χ0n) is 21.7. The van der Waals surface area contributed by atoms with E-state index in [1.807, 2.05) is 26.8 Å². The summed E-state index contributed by atoms with van der Waals surface area (Å²) in [5.74, 6) is -1.19. The first-order valence-corrected chi connectivity index (χ1v) is 13.3. The monoisotopic (exact) mass is 532 g/mol. The minimum Gasteiger partial charge on any atom is -0.465 e. The summed E-state index contributed by atoms with van der Waals surface area (Å²) >= 11 is 0. The summed E-state index contributed by atoms with van der Waals surface area (Å²) in [7, 11) is -2.95. The number of carbonyl (C=O) groups excluding carboxylic acids is 2. The second-order valence-corrected chi connectivity index (χ2v) is 10.5. The molecular weight excluding hydrogens is 504 g/mol. The van der Waals surface area contributed by atoms with Gasteiger partial charge in [0.25, 0.3) is 0 Å². The lowest BCUT2D eigenvalue weighted by Gasteiger charge is -2.18. The fraction of sp³-hybridized carbons (Fsp3) is 0.200. The molecule has 0 N–H and O–H groups in total. The molecule has 0 spiro atoms. The van der Waals surface area contributed by atoms with Crippen LogP contribution in [0.3, 0.4) is 0 Å². The summed E-state index contributed by atoms with van der Waals surface area (Å²) in [5, 5.41) is 0. The number of ether oxygens (including phenoxy) is 2. The highest BCUT2D eigenvalue weighted by atomic mass is 32.2. The number of benzene rings is 3. The summed E-state index contributed by atoms with van der Waals surface area (Å²) in [4.78, 5) is 25.0. The van der Waals surface area contributed by atoms with E-state index in [1.54, 1.807) is 42.5 Å². The molecule has 0 saturated carbocycles. The van der Waals surface area contributed by atoms with Crippen molar-refractivity contribution in [3.05, 3.63) is 105 Å². The Bertz CT molecular complexity index is 1580. The lowest BCUT2D eigenvalue weighted by molar-refractivity contribution is 0.0532. The number of hydrogen-bond donors (Lipinski definition) is 0. The molecule has 4 rings (SSSR count). The van der Waals surface area contributed by atoms with Crippen molar-refractivity contribution in [1.29, 1.82) is 0 Å².